The zero-order chi connectivity index (χ0) is 10.4. The van der Waals surface area contributed by atoms with E-state index in [-0.39, 0.29) is 0 Å². The molecule has 0 aromatic carbocycles. The smallest absolute Gasteiger partial charge is 0.320 e. The van der Waals surface area contributed by atoms with Gasteiger partial charge in [-0.25, -0.2) is 0 Å². The van der Waals surface area contributed by atoms with Gasteiger partial charge in [0.25, 0.3) is 0 Å². The largest absolute Gasteiger partial charge is 0.480 e. The maximum Gasteiger partial charge on any atom is 0.320 e. The summed E-state index contributed by atoms with van der Waals surface area (Å²) in [6.07, 6.45) is 1.30. The van der Waals surface area contributed by atoms with Gasteiger partial charge in [0.15, 0.2) is 0 Å². The Morgan fingerprint density at radius 3 is 2.23 bits per heavy atom. The number of hydrogen-bond donors (Lipinski definition) is 3. The van der Waals surface area contributed by atoms with Crippen LogP contribution in [0.15, 0.2) is 0 Å². The van der Waals surface area contributed by atoms with Crippen LogP contribution in [0.4, 0.5) is 0 Å². The first kappa shape index (κ1) is 12.4. The Kier molecular flexibility index (Phi) is 5.66. The Bertz CT molecular complexity index is 160. The van der Waals surface area contributed by atoms with Crippen molar-refractivity contribution in [2.45, 2.75) is 32.7 Å². The lowest BCUT2D eigenvalue weighted by atomic mass is 9.90. The Morgan fingerprint density at radius 1 is 1.38 bits per heavy atom. The Balaban J connectivity index is 3.78. The fourth-order valence-corrected chi connectivity index (χ4v) is 1.24. The van der Waals surface area contributed by atoms with Gasteiger partial charge in [0.05, 0.1) is 0 Å². The van der Waals surface area contributed by atoms with Gasteiger partial charge in [-0.15, -0.1) is 0 Å². The minimum atomic E-state index is -0.931. The molecule has 0 aliphatic rings. The summed E-state index contributed by atoms with van der Waals surface area (Å²) >= 11 is 0. The maximum absolute atomic E-state index is 10.4. The molecular weight excluding hydrogens is 168 g/mol. The summed E-state index contributed by atoms with van der Waals surface area (Å²) < 4.78 is 0. The number of carboxylic acids is 1. The molecule has 0 aromatic rings. The zero-order valence-electron chi connectivity index (χ0n) is 8.36. The lowest BCUT2D eigenvalue weighted by Gasteiger charge is -2.19. The molecule has 0 aromatic heterocycles. The molecule has 0 radical (unpaired) electrons. The Hall–Kier alpha value is -0.610. The highest BCUT2D eigenvalue weighted by Gasteiger charge is 2.16. The molecule has 0 aliphatic carbocycles. The molecule has 0 saturated heterocycles. The average molecular weight is 188 g/mol. The SMILES string of the molecule is CC(C)C(CN)CC[C@H](N)C(=O)O. The van der Waals surface area contributed by atoms with Crippen molar-refractivity contribution in [1.82, 2.24) is 0 Å². The fourth-order valence-electron chi connectivity index (χ4n) is 1.24. The Labute approximate surface area is 79.3 Å². The molecule has 0 spiro atoms. The standard InChI is InChI=1S/C9H20N2O2/c1-6(2)7(5-10)3-4-8(11)9(12)13/h6-8H,3-5,10-11H2,1-2H3,(H,12,13)/t7?,8-/m0/s1. The van der Waals surface area contributed by atoms with Gasteiger partial charge < -0.3 is 16.6 Å². The van der Waals surface area contributed by atoms with Gasteiger partial charge in [0.1, 0.15) is 6.04 Å². The molecule has 0 rings (SSSR count). The molecule has 78 valence electrons. The van der Waals surface area contributed by atoms with E-state index in [0.717, 1.165) is 6.42 Å². The first-order valence-corrected chi connectivity index (χ1v) is 4.67. The third kappa shape index (κ3) is 4.85. The number of carboxylic acid groups (broad SMARTS) is 1. The zero-order valence-corrected chi connectivity index (χ0v) is 8.36. The van der Waals surface area contributed by atoms with E-state index in [1.807, 2.05) is 0 Å². The molecule has 0 aliphatic heterocycles. The van der Waals surface area contributed by atoms with Crippen molar-refractivity contribution in [3.8, 4) is 0 Å². The molecule has 5 N–H and O–H groups in total. The summed E-state index contributed by atoms with van der Waals surface area (Å²) in [5, 5.41) is 8.55. The summed E-state index contributed by atoms with van der Waals surface area (Å²) in [5.41, 5.74) is 10.9. The van der Waals surface area contributed by atoms with E-state index < -0.39 is 12.0 Å². The van der Waals surface area contributed by atoms with Crippen LogP contribution in [-0.4, -0.2) is 23.7 Å². The van der Waals surface area contributed by atoms with E-state index in [1.165, 1.54) is 0 Å². The topological polar surface area (TPSA) is 89.3 Å². The summed E-state index contributed by atoms with van der Waals surface area (Å²) in [6, 6.07) is -0.743. The van der Waals surface area contributed by atoms with Crippen LogP contribution >= 0.6 is 0 Å². The quantitative estimate of drug-likeness (QED) is 0.563. The van der Waals surface area contributed by atoms with Crippen LogP contribution in [0.3, 0.4) is 0 Å². The van der Waals surface area contributed by atoms with Crippen molar-refractivity contribution in [1.29, 1.82) is 0 Å². The highest BCUT2D eigenvalue weighted by Crippen LogP contribution is 2.16. The van der Waals surface area contributed by atoms with Crippen molar-refractivity contribution in [3.63, 3.8) is 0 Å². The first-order valence-electron chi connectivity index (χ1n) is 4.67. The van der Waals surface area contributed by atoms with Gasteiger partial charge >= 0.3 is 5.97 Å². The predicted octanol–water partition coefficient (Wildman–Crippen LogP) is 0.409. The molecule has 0 fully saturated rings. The highest BCUT2D eigenvalue weighted by atomic mass is 16.4. The molecule has 4 heteroatoms. The van der Waals surface area contributed by atoms with Crippen molar-refractivity contribution in [2.24, 2.45) is 23.3 Å². The minimum absolute atomic E-state index is 0.380. The molecule has 2 atom stereocenters. The predicted molar refractivity (Wildman–Crippen MR) is 52.2 cm³/mol. The summed E-state index contributed by atoms with van der Waals surface area (Å²) in [4.78, 5) is 10.4. The van der Waals surface area contributed by atoms with Crippen LogP contribution < -0.4 is 11.5 Å². The van der Waals surface area contributed by atoms with Crippen LogP contribution in [-0.2, 0) is 4.79 Å². The van der Waals surface area contributed by atoms with Crippen molar-refractivity contribution >= 4 is 5.97 Å². The number of nitrogens with two attached hydrogens (primary N) is 2. The lowest BCUT2D eigenvalue weighted by Crippen LogP contribution is -2.32. The van der Waals surface area contributed by atoms with Gasteiger partial charge in [-0.1, -0.05) is 13.8 Å². The van der Waals surface area contributed by atoms with Crippen LogP contribution in [0.25, 0.3) is 0 Å². The van der Waals surface area contributed by atoms with Gasteiger partial charge in [0, 0.05) is 0 Å². The second-order valence-corrected chi connectivity index (χ2v) is 3.76. The average Bonchev–Trinajstić information content (AvgIpc) is 2.04. The number of rotatable bonds is 6. The lowest BCUT2D eigenvalue weighted by molar-refractivity contribution is -0.138. The third-order valence-corrected chi connectivity index (χ3v) is 2.41. The number of hydrogen-bond acceptors (Lipinski definition) is 3. The van der Waals surface area contributed by atoms with Gasteiger partial charge in [-0.2, -0.15) is 0 Å². The third-order valence-electron chi connectivity index (χ3n) is 2.41. The minimum Gasteiger partial charge on any atom is -0.480 e. The maximum atomic E-state index is 10.4. The molecule has 1 unspecified atom stereocenters. The van der Waals surface area contributed by atoms with E-state index in [0.29, 0.717) is 24.8 Å². The van der Waals surface area contributed by atoms with E-state index in [9.17, 15) is 4.79 Å². The molecule has 0 saturated carbocycles. The van der Waals surface area contributed by atoms with E-state index in [2.05, 4.69) is 13.8 Å². The molecule has 4 nitrogen and oxygen atoms in total. The van der Waals surface area contributed by atoms with Crippen molar-refractivity contribution < 1.29 is 9.90 Å². The molecule has 0 amide bonds. The highest BCUT2D eigenvalue weighted by molar-refractivity contribution is 5.72. The summed E-state index contributed by atoms with van der Waals surface area (Å²) in [6.45, 7) is 4.78. The van der Waals surface area contributed by atoms with Gasteiger partial charge in [0.2, 0.25) is 0 Å². The number of aliphatic carboxylic acids is 1. The second-order valence-electron chi connectivity index (χ2n) is 3.76. The van der Waals surface area contributed by atoms with Crippen LogP contribution in [0.2, 0.25) is 0 Å². The number of carbonyl (C=O) groups is 1. The van der Waals surface area contributed by atoms with E-state index in [4.69, 9.17) is 16.6 Å². The van der Waals surface area contributed by atoms with Crippen molar-refractivity contribution in [3.05, 3.63) is 0 Å². The molecule has 0 heterocycles. The molecular formula is C9H20N2O2. The van der Waals surface area contributed by atoms with Gasteiger partial charge in [-0.3, -0.25) is 4.79 Å². The van der Waals surface area contributed by atoms with E-state index >= 15 is 0 Å². The molecule has 0 bridgehead atoms. The summed E-state index contributed by atoms with van der Waals surface area (Å²) in [5.74, 6) is -0.0593. The van der Waals surface area contributed by atoms with Crippen LogP contribution in [0, 0.1) is 11.8 Å². The monoisotopic (exact) mass is 188 g/mol. The Morgan fingerprint density at radius 2 is 1.92 bits per heavy atom. The normalized spacial score (nSPS) is 15.8. The summed E-state index contributed by atoms with van der Waals surface area (Å²) in [7, 11) is 0. The van der Waals surface area contributed by atoms with Crippen LogP contribution in [0.1, 0.15) is 26.7 Å². The second kappa shape index (κ2) is 5.94. The fraction of sp³-hybridized carbons (Fsp3) is 0.889. The van der Waals surface area contributed by atoms with Crippen molar-refractivity contribution in [2.75, 3.05) is 6.54 Å². The molecule has 13 heavy (non-hydrogen) atoms. The van der Waals surface area contributed by atoms with Gasteiger partial charge in [-0.05, 0) is 31.2 Å². The van der Waals surface area contributed by atoms with E-state index in [1.54, 1.807) is 0 Å². The van der Waals surface area contributed by atoms with Crippen LogP contribution in [0.5, 0.6) is 0 Å². The first-order chi connectivity index (χ1) is 5.99.